The molecule has 0 atom stereocenters. The first-order valence-electron chi connectivity index (χ1n) is 6.03. The second-order valence-electron chi connectivity index (χ2n) is 4.76. The van der Waals surface area contributed by atoms with Gasteiger partial charge in [0, 0.05) is 11.6 Å². The zero-order valence-corrected chi connectivity index (χ0v) is 12.1. The van der Waals surface area contributed by atoms with E-state index in [-0.39, 0.29) is 5.78 Å². The van der Waals surface area contributed by atoms with Crippen molar-refractivity contribution < 1.29 is 14.3 Å². The number of rotatable bonds is 5. The fourth-order valence-electron chi connectivity index (χ4n) is 1.30. The van der Waals surface area contributed by atoms with Crippen LogP contribution in [0.5, 0.6) is 0 Å². The second-order valence-corrected chi connectivity index (χ2v) is 5.20. The quantitative estimate of drug-likeness (QED) is 0.904. The molecule has 0 heterocycles. The van der Waals surface area contributed by atoms with Crippen molar-refractivity contribution in [3.8, 4) is 0 Å². The van der Waals surface area contributed by atoms with Crippen LogP contribution in [0.4, 0.5) is 4.79 Å². The third kappa shape index (κ3) is 5.30. The molecule has 5 heteroatoms. The molecule has 0 fully saturated rings. The number of carbonyl (C=O) groups excluding carboxylic acids is 2. The summed E-state index contributed by atoms with van der Waals surface area (Å²) in [5.74, 6) is -0.194. The van der Waals surface area contributed by atoms with Crippen LogP contribution in [-0.4, -0.2) is 24.0 Å². The van der Waals surface area contributed by atoms with Gasteiger partial charge in [0.25, 0.3) is 0 Å². The Hall–Kier alpha value is -1.55. The number of hydrogen-bond donors (Lipinski definition) is 1. The number of benzene rings is 1. The van der Waals surface area contributed by atoms with E-state index >= 15 is 0 Å². The number of alkyl carbamates (subject to hydrolysis) is 1. The smallest absolute Gasteiger partial charge is 0.408 e. The first kappa shape index (κ1) is 15.5. The molecule has 0 aliphatic heterocycles. The minimum absolute atomic E-state index is 0.194. The molecule has 0 saturated carbocycles. The Kier molecular flexibility index (Phi) is 5.36. The van der Waals surface area contributed by atoms with Crippen LogP contribution in [0.15, 0.2) is 24.3 Å². The predicted octanol–water partition coefficient (Wildman–Crippen LogP) is 2.98. The first-order valence-corrected chi connectivity index (χ1v) is 6.41. The summed E-state index contributed by atoms with van der Waals surface area (Å²) in [6.45, 7) is 4.96. The molecule has 0 unspecified atom stereocenters. The molecular formula is C14H18ClNO3. The van der Waals surface area contributed by atoms with Crippen LogP contribution in [-0.2, 0) is 16.0 Å². The molecule has 0 saturated heterocycles. The highest BCUT2D eigenvalue weighted by Crippen LogP contribution is 2.11. The van der Waals surface area contributed by atoms with E-state index in [1.165, 1.54) is 6.92 Å². The normalized spacial score (nSPS) is 10.9. The topological polar surface area (TPSA) is 55.4 Å². The molecule has 19 heavy (non-hydrogen) atoms. The van der Waals surface area contributed by atoms with Gasteiger partial charge in [-0.25, -0.2) is 4.79 Å². The van der Waals surface area contributed by atoms with Gasteiger partial charge in [0.2, 0.25) is 0 Å². The molecule has 4 nitrogen and oxygen atoms in total. The lowest BCUT2D eigenvalue weighted by molar-refractivity contribution is -0.132. The molecule has 1 aromatic rings. The van der Waals surface area contributed by atoms with Crippen LogP contribution in [0.2, 0.25) is 5.02 Å². The van der Waals surface area contributed by atoms with E-state index in [0.29, 0.717) is 18.0 Å². The molecule has 0 aliphatic carbocycles. The third-order valence-corrected chi connectivity index (χ3v) is 3.04. The van der Waals surface area contributed by atoms with Crippen molar-refractivity contribution >= 4 is 23.5 Å². The summed E-state index contributed by atoms with van der Waals surface area (Å²) in [5.41, 5.74) is -0.0276. The zero-order valence-electron chi connectivity index (χ0n) is 11.3. The number of Topliss-reactive ketones (excluding diaryl/α,β-unsaturated/α-hetero) is 1. The number of amides is 1. The largest absolute Gasteiger partial charge is 0.436 e. The Morgan fingerprint density at radius 2 is 1.84 bits per heavy atom. The van der Waals surface area contributed by atoms with E-state index in [9.17, 15) is 9.59 Å². The Labute approximate surface area is 118 Å². The van der Waals surface area contributed by atoms with Gasteiger partial charge in [-0.05, 0) is 44.9 Å². The molecule has 0 bridgehead atoms. The van der Waals surface area contributed by atoms with E-state index in [4.69, 9.17) is 16.3 Å². The fourth-order valence-corrected chi connectivity index (χ4v) is 1.43. The van der Waals surface area contributed by atoms with Crippen LogP contribution >= 0.6 is 11.6 Å². The summed E-state index contributed by atoms with van der Waals surface area (Å²) < 4.78 is 5.04. The van der Waals surface area contributed by atoms with Crippen LogP contribution < -0.4 is 5.32 Å². The molecule has 0 spiro atoms. The molecule has 1 rings (SSSR count). The van der Waals surface area contributed by atoms with Crippen molar-refractivity contribution in [2.24, 2.45) is 0 Å². The van der Waals surface area contributed by atoms with E-state index < -0.39 is 11.7 Å². The van der Waals surface area contributed by atoms with Crippen molar-refractivity contribution in [1.29, 1.82) is 0 Å². The van der Waals surface area contributed by atoms with Crippen molar-refractivity contribution in [3.05, 3.63) is 34.9 Å². The molecule has 1 N–H and O–H groups in total. The average Bonchev–Trinajstić information content (AvgIpc) is 2.31. The lowest BCUT2D eigenvalue weighted by atomic mass is 10.1. The molecule has 104 valence electrons. The molecule has 0 radical (unpaired) electrons. The Morgan fingerprint density at radius 3 is 2.37 bits per heavy atom. The van der Waals surface area contributed by atoms with Crippen LogP contribution in [0, 0.1) is 0 Å². The van der Waals surface area contributed by atoms with Gasteiger partial charge in [-0.1, -0.05) is 23.7 Å². The van der Waals surface area contributed by atoms with Gasteiger partial charge in [0.1, 0.15) is 0 Å². The van der Waals surface area contributed by atoms with Crippen molar-refractivity contribution in [2.75, 3.05) is 6.54 Å². The second kappa shape index (κ2) is 6.57. The highest BCUT2D eigenvalue weighted by Gasteiger charge is 2.27. The minimum Gasteiger partial charge on any atom is -0.436 e. The fraction of sp³-hybridized carbons (Fsp3) is 0.429. The van der Waals surface area contributed by atoms with Gasteiger partial charge >= 0.3 is 6.09 Å². The monoisotopic (exact) mass is 283 g/mol. The maximum absolute atomic E-state index is 11.5. The van der Waals surface area contributed by atoms with Crippen molar-refractivity contribution in [3.63, 3.8) is 0 Å². The Morgan fingerprint density at radius 1 is 1.26 bits per heavy atom. The summed E-state index contributed by atoms with van der Waals surface area (Å²) in [6, 6.07) is 7.39. The number of carbonyl (C=O) groups is 2. The molecular weight excluding hydrogens is 266 g/mol. The predicted molar refractivity (Wildman–Crippen MR) is 74.4 cm³/mol. The number of nitrogens with one attached hydrogen (secondary N) is 1. The highest BCUT2D eigenvalue weighted by molar-refractivity contribution is 6.30. The standard InChI is InChI=1S/C14H18ClNO3/c1-10(17)14(2,3)19-13(18)16-9-8-11-4-6-12(15)7-5-11/h4-7H,8-9H2,1-3H3,(H,16,18). The average molecular weight is 284 g/mol. The van der Waals surface area contributed by atoms with Gasteiger partial charge < -0.3 is 10.1 Å². The van der Waals surface area contributed by atoms with Crippen LogP contribution in [0.3, 0.4) is 0 Å². The number of hydrogen-bond acceptors (Lipinski definition) is 3. The third-order valence-electron chi connectivity index (χ3n) is 2.79. The van der Waals surface area contributed by atoms with Crippen LogP contribution in [0.1, 0.15) is 26.3 Å². The maximum atomic E-state index is 11.5. The number of ketones is 1. The summed E-state index contributed by atoms with van der Waals surface area (Å²) in [6.07, 6.45) is 0.0846. The summed E-state index contributed by atoms with van der Waals surface area (Å²) in [4.78, 5) is 22.7. The van der Waals surface area contributed by atoms with Gasteiger partial charge in [-0.3, -0.25) is 4.79 Å². The van der Waals surface area contributed by atoms with E-state index in [0.717, 1.165) is 5.56 Å². The van der Waals surface area contributed by atoms with Gasteiger partial charge in [-0.2, -0.15) is 0 Å². The minimum atomic E-state index is -1.09. The Balaban J connectivity index is 2.35. The summed E-state index contributed by atoms with van der Waals surface area (Å²) in [5, 5.41) is 3.29. The molecule has 1 amide bonds. The molecule has 1 aromatic carbocycles. The van der Waals surface area contributed by atoms with Crippen molar-refractivity contribution in [1.82, 2.24) is 5.32 Å². The van der Waals surface area contributed by atoms with Crippen molar-refractivity contribution in [2.45, 2.75) is 32.8 Å². The lowest BCUT2D eigenvalue weighted by Gasteiger charge is -2.21. The highest BCUT2D eigenvalue weighted by atomic mass is 35.5. The first-order chi connectivity index (χ1) is 8.81. The van der Waals surface area contributed by atoms with E-state index in [2.05, 4.69) is 5.32 Å². The molecule has 0 aromatic heterocycles. The lowest BCUT2D eigenvalue weighted by Crippen LogP contribution is -2.40. The van der Waals surface area contributed by atoms with Gasteiger partial charge in [0.05, 0.1) is 0 Å². The van der Waals surface area contributed by atoms with Gasteiger partial charge in [0.15, 0.2) is 11.4 Å². The maximum Gasteiger partial charge on any atom is 0.408 e. The zero-order chi connectivity index (χ0) is 14.5. The summed E-state index contributed by atoms with van der Waals surface area (Å²) in [7, 11) is 0. The Bertz CT molecular complexity index is 454. The number of halogens is 1. The molecule has 0 aliphatic rings. The van der Waals surface area contributed by atoms with E-state index in [1.54, 1.807) is 26.0 Å². The number of ether oxygens (including phenoxy) is 1. The summed E-state index contributed by atoms with van der Waals surface area (Å²) >= 11 is 5.78. The van der Waals surface area contributed by atoms with Gasteiger partial charge in [-0.15, -0.1) is 0 Å². The van der Waals surface area contributed by atoms with Crippen LogP contribution in [0.25, 0.3) is 0 Å². The van der Waals surface area contributed by atoms with E-state index in [1.807, 2.05) is 12.1 Å². The SMILES string of the molecule is CC(=O)C(C)(C)OC(=O)NCCc1ccc(Cl)cc1.